The van der Waals surface area contributed by atoms with Gasteiger partial charge in [-0.15, -0.1) is 0 Å². The first-order valence-corrected chi connectivity index (χ1v) is 8.91. The number of rotatable bonds is 3. The molecule has 1 aliphatic heterocycles. The fraction of sp³-hybridized carbons (Fsp3) is 0.389. The van der Waals surface area contributed by atoms with Crippen LogP contribution in [0.3, 0.4) is 0 Å². The minimum absolute atomic E-state index is 0.0597. The lowest BCUT2D eigenvalue weighted by Gasteiger charge is -2.25. The number of hydrogen-bond donors (Lipinski definition) is 3. The van der Waals surface area contributed by atoms with Crippen LogP contribution < -0.4 is 21.4 Å². The number of aromatic carboxylic acids is 1. The molecule has 148 valence electrons. The maximum Gasteiger partial charge on any atom is 0.341 e. The van der Waals surface area contributed by atoms with E-state index in [1.807, 2.05) is 0 Å². The van der Waals surface area contributed by atoms with Gasteiger partial charge in [-0.1, -0.05) is 0 Å². The number of carbonyl (C=O) groups excluding carboxylic acids is 1. The highest BCUT2D eigenvalue weighted by Crippen LogP contribution is 2.41. The Hall–Kier alpha value is -3.17. The molecule has 0 unspecified atom stereocenters. The van der Waals surface area contributed by atoms with Crippen molar-refractivity contribution in [2.75, 3.05) is 30.3 Å². The number of nitrogens with one attached hydrogen (secondary N) is 1. The number of halogens is 2. The molecule has 1 aromatic heterocycles. The van der Waals surface area contributed by atoms with Gasteiger partial charge in [-0.2, -0.15) is 0 Å². The summed E-state index contributed by atoms with van der Waals surface area (Å²) in [5, 5.41) is 11.5. The van der Waals surface area contributed by atoms with Crippen LogP contribution in [0.15, 0.2) is 11.0 Å². The van der Waals surface area contributed by atoms with Gasteiger partial charge in [0.25, 0.3) is 0 Å². The Labute approximate surface area is 157 Å². The van der Waals surface area contributed by atoms with E-state index in [4.69, 9.17) is 5.73 Å². The Morgan fingerprint density at radius 1 is 1.21 bits per heavy atom. The molecule has 1 saturated heterocycles. The van der Waals surface area contributed by atoms with Crippen LogP contribution in [0.4, 0.5) is 20.2 Å². The molecule has 1 aromatic carbocycles. The molecule has 1 saturated carbocycles. The van der Waals surface area contributed by atoms with Gasteiger partial charge < -0.3 is 25.6 Å². The topological polar surface area (TPSA) is 118 Å². The monoisotopic (exact) mass is 392 g/mol. The van der Waals surface area contributed by atoms with Gasteiger partial charge in [-0.25, -0.2) is 13.6 Å². The van der Waals surface area contributed by atoms with Crippen LogP contribution in [0.1, 0.15) is 35.7 Å². The van der Waals surface area contributed by atoms with Crippen molar-refractivity contribution in [2.45, 2.75) is 25.3 Å². The van der Waals surface area contributed by atoms with Gasteiger partial charge in [-0.05, 0) is 12.8 Å². The lowest BCUT2D eigenvalue weighted by Crippen LogP contribution is -2.31. The molecule has 2 aromatic rings. The summed E-state index contributed by atoms with van der Waals surface area (Å²) in [4.78, 5) is 37.0. The number of aromatic nitrogens is 1. The second-order valence-electron chi connectivity index (χ2n) is 7.02. The summed E-state index contributed by atoms with van der Waals surface area (Å²) in [7, 11) is 0. The van der Waals surface area contributed by atoms with E-state index in [1.54, 1.807) is 0 Å². The molecule has 1 aliphatic carbocycles. The first-order valence-electron chi connectivity index (χ1n) is 8.91. The number of benzene rings is 1. The maximum absolute atomic E-state index is 15.5. The molecule has 2 heterocycles. The highest BCUT2D eigenvalue weighted by molar-refractivity contribution is 5.99. The third kappa shape index (κ3) is 2.76. The smallest absolute Gasteiger partial charge is 0.341 e. The Morgan fingerprint density at radius 3 is 2.57 bits per heavy atom. The molecule has 4 rings (SSSR count). The van der Waals surface area contributed by atoms with Crippen molar-refractivity contribution < 1.29 is 23.5 Å². The van der Waals surface area contributed by atoms with Crippen LogP contribution in [0.5, 0.6) is 0 Å². The number of nitrogen functional groups attached to an aromatic ring is 1. The first kappa shape index (κ1) is 18.2. The Kier molecular flexibility index (Phi) is 4.20. The predicted octanol–water partition coefficient (Wildman–Crippen LogP) is 1.22. The van der Waals surface area contributed by atoms with Crippen molar-refractivity contribution >= 4 is 34.2 Å². The molecule has 2 aliphatic rings. The van der Waals surface area contributed by atoms with E-state index < -0.39 is 45.4 Å². The van der Waals surface area contributed by atoms with E-state index in [1.165, 1.54) is 9.47 Å². The highest BCUT2D eigenvalue weighted by Gasteiger charge is 2.33. The molecule has 1 amide bonds. The van der Waals surface area contributed by atoms with Gasteiger partial charge in [0.05, 0.1) is 16.6 Å². The van der Waals surface area contributed by atoms with Crippen molar-refractivity contribution in [1.29, 1.82) is 0 Å². The number of fused-ring (bicyclic) bond motifs is 1. The number of nitrogens with zero attached hydrogens (tertiary/aromatic N) is 2. The van der Waals surface area contributed by atoms with E-state index in [2.05, 4.69) is 5.32 Å². The number of carboxylic acid groups (broad SMARTS) is 1. The minimum atomic E-state index is -1.48. The number of carbonyl (C=O) groups is 2. The molecular formula is C18H18F2N4O4. The van der Waals surface area contributed by atoms with Crippen molar-refractivity contribution in [3.05, 3.63) is 33.6 Å². The Morgan fingerprint density at radius 2 is 1.93 bits per heavy atom. The summed E-state index contributed by atoms with van der Waals surface area (Å²) in [6.07, 6.45) is 2.53. The van der Waals surface area contributed by atoms with Crippen LogP contribution in [0, 0.1) is 11.6 Å². The normalized spacial score (nSPS) is 17.5. The lowest BCUT2D eigenvalue weighted by atomic mass is 10.1. The summed E-state index contributed by atoms with van der Waals surface area (Å²) >= 11 is 0. The Balaban J connectivity index is 2.03. The summed E-state index contributed by atoms with van der Waals surface area (Å²) in [5.41, 5.74) is 3.07. The van der Waals surface area contributed by atoms with Gasteiger partial charge in [-0.3, -0.25) is 9.59 Å². The number of carboxylic acids is 1. The fourth-order valence-corrected chi connectivity index (χ4v) is 3.61. The fourth-order valence-electron chi connectivity index (χ4n) is 3.61. The zero-order valence-electron chi connectivity index (χ0n) is 14.8. The molecule has 0 spiro atoms. The van der Waals surface area contributed by atoms with Crippen molar-refractivity contribution in [3.63, 3.8) is 0 Å². The Bertz CT molecular complexity index is 1080. The van der Waals surface area contributed by atoms with Gasteiger partial charge in [0, 0.05) is 38.3 Å². The second kappa shape index (κ2) is 6.47. The van der Waals surface area contributed by atoms with E-state index in [0.717, 1.165) is 6.20 Å². The maximum atomic E-state index is 15.5. The molecule has 8 nitrogen and oxygen atoms in total. The number of pyridine rings is 1. The van der Waals surface area contributed by atoms with Crippen LogP contribution >= 0.6 is 0 Å². The van der Waals surface area contributed by atoms with Crippen molar-refractivity contribution in [2.24, 2.45) is 0 Å². The zero-order chi connectivity index (χ0) is 20.2. The SMILES string of the molecule is Nc1c(F)c(N2CCNC(=O)CC2)c(F)c2c1c(=O)c(C(=O)O)cn2C1CC1. The van der Waals surface area contributed by atoms with E-state index in [9.17, 15) is 19.5 Å². The summed E-state index contributed by atoms with van der Waals surface area (Å²) in [5.74, 6) is -3.81. The van der Waals surface area contributed by atoms with Gasteiger partial charge in [0.2, 0.25) is 11.3 Å². The standard InChI is InChI=1S/C18H18F2N4O4/c19-12-14(21)11-15(13(20)16(12)23-5-3-10(25)22-4-6-23)24(8-1-2-8)7-9(17(11)26)18(27)28/h7-8H,1-6,21H2,(H,22,25)(H,27,28). The molecule has 0 radical (unpaired) electrons. The van der Waals surface area contributed by atoms with E-state index in [-0.39, 0.29) is 43.5 Å². The van der Waals surface area contributed by atoms with Gasteiger partial charge in [0.15, 0.2) is 11.6 Å². The number of nitrogens with two attached hydrogens (primary N) is 1. The van der Waals surface area contributed by atoms with Gasteiger partial charge in [0.1, 0.15) is 11.3 Å². The van der Waals surface area contributed by atoms with Crippen LogP contribution in [0.2, 0.25) is 0 Å². The molecule has 28 heavy (non-hydrogen) atoms. The van der Waals surface area contributed by atoms with E-state index in [0.29, 0.717) is 12.8 Å². The van der Waals surface area contributed by atoms with Crippen LogP contribution in [-0.4, -0.2) is 41.2 Å². The predicted molar refractivity (Wildman–Crippen MR) is 97.6 cm³/mol. The number of amides is 1. The average Bonchev–Trinajstić information content (AvgIpc) is 3.48. The molecule has 2 fully saturated rings. The minimum Gasteiger partial charge on any atom is -0.477 e. The van der Waals surface area contributed by atoms with Crippen molar-refractivity contribution in [1.82, 2.24) is 9.88 Å². The summed E-state index contributed by atoms with van der Waals surface area (Å²) < 4.78 is 32.0. The molecule has 0 atom stereocenters. The third-order valence-electron chi connectivity index (χ3n) is 5.16. The molecule has 10 heteroatoms. The largest absolute Gasteiger partial charge is 0.477 e. The molecule has 0 bridgehead atoms. The summed E-state index contributed by atoms with van der Waals surface area (Å²) in [6.45, 7) is 0.472. The summed E-state index contributed by atoms with van der Waals surface area (Å²) in [6, 6.07) is -0.180. The van der Waals surface area contributed by atoms with Crippen molar-refractivity contribution in [3.8, 4) is 0 Å². The number of hydrogen-bond acceptors (Lipinski definition) is 5. The van der Waals surface area contributed by atoms with Crippen LogP contribution in [-0.2, 0) is 4.79 Å². The second-order valence-corrected chi connectivity index (χ2v) is 7.02. The molecular weight excluding hydrogens is 374 g/mol. The first-order chi connectivity index (χ1) is 13.3. The van der Waals surface area contributed by atoms with Crippen LogP contribution in [0.25, 0.3) is 10.9 Å². The number of anilines is 2. The third-order valence-corrected chi connectivity index (χ3v) is 5.16. The average molecular weight is 392 g/mol. The zero-order valence-corrected chi connectivity index (χ0v) is 14.8. The lowest BCUT2D eigenvalue weighted by molar-refractivity contribution is -0.120. The molecule has 4 N–H and O–H groups in total. The van der Waals surface area contributed by atoms with E-state index >= 15 is 8.78 Å². The van der Waals surface area contributed by atoms with Gasteiger partial charge >= 0.3 is 5.97 Å². The quantitative estimate of drug-likeness (QED) is 0.676. The highest BCUT2D eigenvalue weighted by atomic mass is 19.1.